The molecule has 3 unspecified atom stereocenters. The molecule has 3 N–H and O–H groups in total. The van der Waals surface area contributed by atoms with E-state index in [1.807, 2.05) is 6.92 Å². The lowest BCUT2D eigenvalue weighted by molar-refractivity contribution is -0.150. The molecule has 0 aromatic rings. The van der Waals surface area contributed by atoms with E-state index >= 15 is 0 Å². The molecule has 0 aliphatic heterocycles. The van der Waals surface area contributed by atoms with Gasteiger partial charge < -0.3 is 14.6 Å². The van der Waals surface area contributed by atoms with Crippen LogP contribution in [0, 0.1) is 11.8 Å². The maximum Gasteiger partial charge on any atom is 0.505 e. The topological polar surface area (TPSA) is 122 Å². The lowest BCUT2D eigenvalue weighted by Gasteiger charge is -2.20. The molecule has 0 radical (unpaired) electrons. The minimum absolute atomic E-state index is 0.00915. The molecule has 3 atom stereocenters. The molecule has 1 aliphatic rings. The summed E-state index contributed by atoms with van der Waals surface area (Å²) in [6, 6.07) is 0. The number of carbonyl (C=O) groups excluding carboxylic acids is 2. The molecule has 0 heterocycles. The van der Waals surface area contributed by atoms with Gasteiger partial charge in [0, 0.05) is 0 Å². The predicted molar refractivity (Wildman–Crippen MR) is 95.7 cm³/mol. The van der Waals surface area contributed by atoms with Crippen molar-refractivity contribution in [2.45, 2.75) is 64.5 Å². The van der Waals surface area contributed by atoms with E-state index in [-0.39, 0.29) is 37.2 Å². The normalized spacial score (nSPS) is 17.9. The third kappa shape index (κ3) is 10.7. The molecule has 1 amide bonds. The average Bonchev–Trinajstić information content (AvgIpc) is 2.62. The molecule has 1 fully saturated rings. The monoisotopic (exact) mass is 392 g/mol. The summed E-state index contributed by atoms with van der Waals surface area (Å²) in [5.74, 6) is -0.0921. The van der Waals surface area contributed by atoms with Gasteiger partial charge in [-0.1, -0.05) is 26.2 Å². The molecular formula is C17H31NO7P+. The van der Waals surface area contributed by atoms with Gasteiger partial charge in [-0.15, -0.1) is 0 Å². The van der Waals surface area contributed by atoms with Gasteiger partial charge in [0.2, 0.25) is 0 Å². The molecule has 1 aliphatic carbocycles. The Kier molecular flexibility index (Phi) is 11.4. The van der Waals surface area contributed by atoms with Crippen LogP contribution >= 0.6 is 8.03 Å². The van der Waals surface area contributed by atoms with E-state index in [9.17, 15) is 19.3 Å². The smallest absolute Gasteiger partial charge is 0.462 e. The van der Waals surface area contributed by atoms with Crippen LogP contribution in [0.2, 0.25) is 0 Å². The van der Waals surface area contributed by atoms with Crippen LogP contribution in [0.5, 0.6) is 0 Å². The van der Waals surface area contributed by atoms with Crippen LogP contribution < -0.4 is 5.32 Å². The molecule has 0 aromatic heterocycles. The van der Waals surface area contributed by atoms with Crippen LogP contribution in [0.15, 0.2) is 0 Å². The van der Waals surface area contributed by atoms with Crippen molar-refractivity contribution in [3.63, 3.8) is 0 Å². The maximum atomic E-state index is 11.8. The van der Waals surface area contributed by atoms with Crippen molar-refractivity contribution in [3.8, 4) is 0 Å². The number of rotatable bonds is 11. The van der Waals surface area contributed by atoms with Crippen molar-refractivity contribution < 1.29 is 33.6 Å². The van der Waals surface area contributed by atoms with Gasteiger partial charge in [0.15, 0.2) is 6.16 Å². The SMILES string of the molecule is CC(CCC(O)NC(=O)OCCOC(=O)C1CCCCC1)CC[P+](=O)O. The van der Waals surface area contributed by atoms with E-state index in [1.54, 1.807) is 0 Å². The molecule has 8 nitrogen and oxygen atoms in total. The quantitative estimate of drug-likeness (QED) is 0.214. The number of amides is 1. The number of carbonyl (C=O) groups is 2. The largest absolute Gasteiger partial charge is 0.505 e. The zero-order valence-electron chi connectivity index (χ0n) is 15.4. The van der Waals surface area contributed by atoms with Gasteiger partial charge in [0.1, 0.15) is 19.4 Å². The van der Waals surface area contributed by atoms with Crippen LogP contribution in [0.1, 0.15) is 58.3 Å². The Labute approximate surface area is 155 Å². The maximum absolute atomic E-state index is 11.8. The fourth-order valence-electron chi connectivity index (χ4n) is 2.90. The van der Waals surface area contributed by atoms with Crippen molar-refractivity contribution in [3.05, 3.63) is 0 Å². The fourth-order valence-corrected chi connectivity index (χ4v) is 3.56. The van der Waals surface area contributed by atoms with Crippen molar-refractivity contribution >= 4 is 20.1 Å². The first kappa shape index (κ1) is 22.8. The van der Waals surface area contributed by atoms with Gasteiger partial charge in [-0.25, -0.2) is 4.79 Å². The summed E-state index contributed by atoms with van der Waals surface area (Å²) >= 11 is 0. The first-order chi connectivity index (χ1) is 12.4. The Morgan fingerprint density at radius 3 is 2.42 bits per heavy atom. The molecule has 1 saturated carbocycles. The zero-order valence-corrected chi connectivity index (χ0v) is 16.3. The zero-order chi connectivity index (χ0) is 19.4. The van der Waals surface area contributed by atoms with Crippen LogP contribution in [0.4, 0.5) is 4.79 Å². The Bertz CT molecular complexity index is 454. The van der Waals surface area contributed by atoms with Crippen molar-refractivity contribution in [2.24, 2.45) is 11.8 Å². The van der Waals surface area contributed by atoms with Crippen molar-refractivity contribution in [2.75, 3.05) is 19.4 Å². The molecule has 1 rings (SSSR count). The third-order valence-corrected chi connectivity index (χ3v) is 5.17. The van der Waals surface area contributed by atoms with Gasteiger partial charge in [0.05, 0.1) is 5.92 Å². The van der Waals surface area contributed by atoms with Gasteiger partial charge in [-0.3, -0.25) is 10.1 Å². The van der Waals surface area contributed by atoms with E-state index in [4.69, 9.17) is 14.4 Å². The van der Waals surface area contributed by atoms with E-state index in [1.165, 1.54) is 0 Å². The first-order valence-corrected chi connectivity index (χ1v) is 10.7. The number of hydrogen-bond donors (Lipinski definition) is 3. The predicted octanol–water partition coefficient (Wildman–Crippen LogP) is 2.70. The summed E-state index contributed by atoms with van der Waals surface area (Å²) in [6.45, 7) is 1.87. The summed E-state index contributed by atoms with van der Waals surface area (Å²) in [6.07, 6.45) is 4.95. The van der Waals surface area contributed by atoms with Crippen LogP contribution in [0.25, 0.3) is 0 Å². The Morgan fingerprint density at radius 2 is 1.77 bits per heavy atom. The second-order valence-electron chi connectivity index (χ2n) is 6.85. The van der Waals surface area contributed by atoms with Gasteiger partial charge in [-0.2, -0.15) is 4.89 Å². The van der Waals surface area contributed by atoms with Crippen LogP contribution in [-0.2, 0) is 18.8 Å². The number of esters is 1. The Hall–Kier alpha value is -1.24. The summed E-state index contributed by atoms with van der Waals surface area (Å²) in [5, 5.41) is 12.1. The number of hydrogen-bond acceptors (Lipinski definition) is 6. The summed E-state index contributed by atoms with van der Waals surface area (Å²) < 4.78 is 20.6. The molecule has 0 spiro atoms. The standard InChI is InChI=1S/C17H30NO7P/c1-13(9-12-26(22)23)7-8-15(19)18-17(21)25-11-10-24-16(20)14-5-3-2-4-6-14/h13-15,19H,2-12H2,1H3,(H-,18,21,22,23)/p+1. The molecule has 9 heteroatoms. The van der Waals surface area contributed by atoms with E-state index in [0.29, 0.717) is 19.3 Å². The fraction of sp³-hybridized carbons (Fsp3) is 0.882. The van der Waals surface area contributed by atoms with Crippen molar-refractivity contribution in [1.29, 1.82) is 0 Å². The minimum atomic E-state index is -2.13. The second-order valence-corrected chi connectivity index (χ2v) is 8.00. The highest BCUT2D eigenvalue weighted by atomic mass is 31.1. The summed E-state index contributed by atoms with van der Waals surface area (Å²) in [5.41, 5.74) is 0. The number of nitrogens with one attached hydrogen (secondary N) is 1. The number of alkyl carbamates (subject to hydrolysis) is 1. The van der Waals surface area contributed by atoms with Gasteiger partial charge >= 0.3 is 20.1 Å². The highest BCUT2D eigenvalue weighted by Crippen LogP contribution is 2.24. The number of aliphatic hydroxyl groups excluding tert-OH is 1. The minimum Gasteiger partial charge on any atom is -0.462 e. The molecule has 150 valence electrons. The average molecular weight is 392 g/mol. The first-order valence-electron chi connectivity index (χ1n) is 9.30. The number of ether oxygens (including phenoxy) is 2. The highest BCUT2D eigenvalue weighted by Gasteiger charge is 2.22. The Morgan fingerprint density at radius 1 is 1.12 bits per heavy atom. The third-order valence-electron chi connectivity index (χ3n) is 4.53. The summed E-state index contributed by atoms with van der Waals surface area (Å²) in [7, 11) is -2.13. The van der Waals surface area contributed by atoms with Crippen LogP contribution in [0.3, 0.4) is 0 Å². The lowest BCUT2D eigenvalue weighted by Crippen LogP contribution is -2.36. The molecular weight excluding hydrogens is 361 g/mol. The van der Waals surface area contributed by atoms with Gasteiger partial charge in [0.25, 0.3) is 0 Å². The highest BCUT2D eigenvalue weighted by molar-refractivity contribution is 7.37. The van der Waals surface area contributed by atoms with E-state index < -0.39 is 20.3 Å². The second kappa shape index (κ2) is 13.0. The van der Waals surface area contributed by atoms with E-state index in [0.717, 1.165) is 32.1 Å². The van der Waals surface area contributed by atoms with E-state index in [2.05, 4.69) is 5.32 Å². The lowest BCUT2D eigenvalue weighted by atomic mass is 9.89. The molecule has 0 saturated heterocycles. The molecule has 0 aromatic carbocycles. The summed E-state index contributed by atoms with van der Waals surface area (Å²) in [4.78, 5) is 32.1. The molecule has 26 heavy (non-hydrogen) atoms. The Balaban J connectivity index is 2.06. The molecule has 0 bridgehead atoms. The van der Waals surface area contributed by atoms with Gasteiger partial charge in [-0.05, 0) is 42.6 Å². The van der Waals surface area contributed by atoms with Crippen LogP contribution in [-0.4, -0.2) is 47.7 Å². The van der Waals surface area contributed by atoms with Crippen molar-refractivity contribution in [1.82, 2.24) is 5.32 Å². The number of aliphatic hydroxyl groups is 1.